The van der Waals surface area contributed by atoms with Gasteiger partial charge in [0.25, 0.3) is 0 Å². The fraction of sp³-hybridized carbons (Fsp3) is 0.150. The van der Waals surface area contributed by atoms with Gasteiger partial charge in [0.05, 0.1) is 5.69 Å². The molecule has 0 saturated carbocycles. The van der Waals surface area contributed by atoms with Crippen molar-refractivity contribution in [2.24, 2.45) is 0 Å². The minimum absolute atomic E-state index is 0.119. The molecule has 0 unspecified atom stereocenters. The predicted octanol–water partition coefficient (Wildman–Crippen LogP) is 4.62. The smallest absolute Gasteiger partial charge is 0.340 e. The van der Waals surface area contributed by atoms with E-state index in [1.54, 1.807) is 19.1 Å². The molecule has 3 rings (SSSR count). The summed E-state index contributed by atoms with van der Waals surface area (Å²) in [6.45, 7) is 1.65. The van der Waals surface area contributed by atoms with Crippen molar-refractivity contribution in [3.05, 3.63) is 77.2 Å². The molecule has 0 amide bonds. The van der Waals surface area contributed by atoms with Gasteiger partial charge in [0.15, 0.2) is 5.82 Å². The van der Waals surface area contributed by atoms with E-state index in [2.05, 4.69) is 9.97 Å². The van der Waals surface area contributed by atoms with Crippen molar-refractivity contribution in [2.45, 2.75) is 18.4 Å². The lowest BCUT2D eigenvalue weighted by Crippen LogP contribution is -2.08. The Kier molecular flexibility index (Phi) is 5.63. The van der Waals surface area contributed by atoms with E-state index in [9.17, 15) is 14.3 Å². The molecule has 2 aromatic carbocycles. The van der Waals surface area contributed by atoms with Gasteiger partial charge in [-0.25, -0.2) is 19.2 Å². The highest BCUT2D eigenvalue weighted by molar-refractivity contribution is 7.99. The minimum atomic E-state index is -1.05. The maximum absolute atomic E-state index is 13.1. The van der Waals surface area contributed by atoms with E-state index < -0.39 is 5.97 Å². The Bertz CT molecular complexity index is 915. The second-order valence-corrected chi connectivity index (χ2v) is 6.79. The number of aryl methyl sites for hydroxylation is 2. The minimum Gasteiger partial charge on any atom is -0.478 e. The first-order valence-corrected chi connectivity index (χ1v) is 9.08. The number of aromatic nitrogens is 2. The third kappa shape index (κ3) is 4.26. The predicted molar refractivity (Wildman–Crippen MR) is 100.0 cm³/mol. The Labute approximate surface area is 155 Å². The van der Waals surface area contributed by atoms with Crippen LogP contribution in [0.4, 0.5) is 4.39 Å². The lowest BCUT2D eigenvalue weighted by atomic mass is 10.2. The second-order valence-electron chi connectivity index (χ2n) is 5.71. The van der Waals surface area contributed by atoms with Crippen LogP contribution in [0, 0.1) is 12.7 Å². The molecule has 0 aliphatic heterocycles. The van der Waals surface area contributed by atoms with Crippen molar-refractivity contribution < 1.29 is 14.3 Å². The number of thioether (sulfide) groups is 1. The molecular formula is C20H17FN2O2S. The van der Waals surface area contributed by atoms with Crippen LogP contribution in [0.25, 0.3) is 11.4 Å². The number of carboxylic acid groups (broad SMARTS) is 1. The third-order valence-electron chi connectivity index (χ3n) is 3.85. The van der Waals surface area contributed by atoms with E-state index in [0.29, 0.717) is 27.9 Å². The summed E-state index contributed by atoms with van der Waals surface area (Å²) in [5.74, 6) is -0.293. The molecule has 4 nitrogen and oxygen atoms in total. The van der Waals surface area contributed by atoms with Crippen LogP contribution in [-0.2, 0) is 6.42 Å². The molecule has 0 fully saturated rings. The van der Waals surface area contributed by atoms with Crippen molar-refractivity contribution >= 4 is 17.7 Å². The lowest BCUT2D eigenvalue weighted by Gasteiger charge is -2.10. The van der Waals surface area contributed by atoms with Crippen molar-refractivity contribution in [1.29, 1.82) is 0 Å². The Morgan fingerprint density at radius 1 is 1.08 bits per heavy atom. The van der Waals surface area contributed by atoms with Gasteiger partial charge in [-0.3, -0.25) is 0 Å². The molecule has 3 aromatic rings. The number of halogens is 1. The molecular weight excluding hydrogens is 351 g/mol. The Hall–Kier alpha value is -2.73. The molecule has 0 radical (unpaired) electrons. The molecule has 132 valence electrons. The standard InChI is InChI=1S/C20H17FN2O2S/c1-13-17(20(24)25)19(26-12-11-14-5-3-2-4-6-14)23-18(22-13)15-7-9-16(21)10-8-15/h2-10H,11-12H2,1H3,(H,24,25). The van der Waals surface area contributed by atoms with Gasteiger partial charge in [0.1, 0.15) is 16.4 Å². The highest BCUT2D eigenvalue weighted by atomic mass is 32.2. The molecule has 0 atom stereocenters. The van der Waals surface area contributed by atoms with Crippen LogP contribution in [0.15, 0.2) is 59.6 Å². The van der Waals surface area contributed by atoms with Crippen LogP contribution in [0.3, 0.4) is 0 Å². The summed E-state index contributed by atoms with van der Waals surface area (Å²) in [6, 6.07) is 15.8. The number of aromatic carboxylic acids is 1. The Morgan fingerprint density at radius 3 is 2.42 bits per heavy atom. The van der Waals surface area contributed by atoms with E-state index in [-0.39, 0.29) is 11.4 Å². The summed E-state index contributed by atoms with van der Waals surface area (Å²) in [6.07, 6.45) is 0.805. The van der Waals surface area contributed by atoms with Crippen LogP contribution >= 0.6 is 11.8 Å². The summed E-state index contributed by atoms with van der Waals surface area (Å²) in [5, 5.41) is 9.95. The SMILES string of the molecule is Cc1nc(-c2ccc(F)cc2)nc(SCCc2ccccc2)c1C(=O)O. The summed E-state index contributed by atoms with van der Waals surface area (Å²) < 4.78 is 13.1. The second kappa shape index (κ2) is 8.10. The molecule has 26 heavy (non-hydrogen) atoms. The Morgan fingerprint density at radius 2 is 1.77 bits per heavy atom. The van der Waals surface area contributed by atoms with E-state index in [0.717, 1.165) is 6.42 Å². The maximum atomic E-state index is 13.1. The molecule has 0 aliphatic carbocycles. The number of nitrogens with zero attached hydrogens (tertiary/aromatic N) is 2. The monoisotopic (exact) mass is 368 g/mol. The van der Waals surface area contributed by atoms with E-state index in [4.69, 9.17) is 0 Å². The summed E-state index contributed by atoms with van der Waals surface area (Å²) in [7, 11) is 0. The normalized spacial score (nSPS) is 10.7. The first-order chi connectivity index (χ1) is 12.5. The Balaban J connectivity index is 1.88. The molecule has 0 saturated heterocycles. The zero-order chi connectivity index (χ0) is 18.5. The first-order valence-electron chi connectivity index (χ1n) is 8.09. The summed E-state index contributed by atoms with van der Waals surface area (Å²) in [5.41, 5.74) is 2.35. The third-order valence-corrected chi connectivity index (χ3v) is 4.82. The van der Waals surface area contributed by atoms with Crippen molar-refractivity contribution in [1.82, 2.24) is 9.97 Å². The lowest BCUT2D eigenvalue weighted by molar-refractivity contribution is 0.0690. The van der Waals surface area contributed by atoms with Crippen LogP contribution in [0.1, 0.15) is 21.6 Å². The van der Waals surface area contributed by atoms with Gasteiger partial charge >= 0.3 is 5.97 Å². The first kappa shape index (κ1) is 18.1. The van der Waals surface area contributed by atoms with Crippen molar-refractivity contribution in [2.75, 3.05) is 5.75 Å². The van der Waals surface area contributed by atoms with Gasteiger partial charge < -0.3 is 5.11 Å². The van der Waals surface area contributed by atoms with Gasteiger partial charge in [-0.15, -0.1) is 11.8 Å². The van der Waals surface area contributed by atoms with E-state index in [1.165, 1.54) is 29.5 Å². The highest BCUT2D eigenvalue weighted by Gasteiger charge is 2.19. The highest BCUT2D eigenvalue weighted by Crippen LogP contribution is 2.27. The van der Waals surface area contributed by atoms with Crippen molar-refractivity contribution in [3.63, 3.8) is 0 Å². The fourth-order valence-corrected chi connectivity index (χ4v) is 3.60. The van der Waals surface area contributed by atoms with Gasteiger partial charge in [0, 0.05) is 11.3 Å². The average Bonchev–Trinajstić information content (AvgIpc) is 2.62. The number of benzene rings is 2. The molecule has 6 heteroatoms. The van der Waals surface area contributed by atoms with Gasteiger partial charge in [-0.05, 0) is 43.2 Å². The summed E-state index contributed by atoms with van der Waals surface area (Å²) >= 11 is 1.39. The quantitative estimate of drug-likeness (QED) is 0.508. The van der Waals surface area contributed by atoms with Gasteiger partial charge in [0.2, 0.25) is 0 Å². The summed E-state index contributed by atoms with van der Waals surface area (Å²) in [4.78, 5) is 20.4. The molecule has 1 heterocycles. The fourth-order valence-electron chi connectivity index (χ4n) is 2.54. The number of carboxylic acids is 1. The molecule has 1 N–H and O–H groups in total. The van der Waals surface area contributed by atoms with Crippen LogP contribution < -0.4 is 0 Å². The zero-order valence-corrected chi connectivity index (χ0v) is 15.0. The topological polar surface area (TPSA) is 63.1 Å². The molecule has 0 aliphatic rings. The molecule has 0 spiro atoms. The molecule has 1 aromatic heterocycles. The van der Waals surface area contributed by atoms with Crippen LogP contribution in [-0.4, -0.2) is 26.8 Å². The number of hydrogen-bond donors (Lipinski definition) is 1. The largest absolute Gasteiger partial charge is 0.478 e. The van der Waals surface area contributed by atoms with E-state index >= 15 is 0 Å². The zero-order valence-electron chi connectivity index (χ0n) is 14.1. The molecule has 0 bridgehead atoms. The van der Waals surface area contributed by atoms with Crippen molar-refractivity contribution in [3.8, 4) is 11.4 Å². The number of carbonyl (C=O) groups is 1. The number of rotatable bonds is 6. The average molecular weight is 368 g/mol. The van der Waals surface area contributed by atoms with E-state index in [1.807, 2.05) is 30.3 Å². The van der Waals surface area contributed by atoms with Gasteiger partial charge in [-0.2, -0.15) is 0 Å². The number of hydrogen-bond acceptors (Lipinski definition) is 4. The maximum Gasteiger partial charge on any atom is 0.340 e. The van der Waals surface area contributed by atoms with Crippen LogP contribution in [0.5, 0.6) is 0 Å². The van der Waals surface area contributed by atoms with Gasteiger partial charge in [-0.1, -0.05) is 30.3 Å². The van der Waals surface area contributed by atoms with Crippen LogP contribution in [0.2, 0.25) is 0 Å².